The Kier molecular flexibility index (Phi) is 8.03. The van der Waals surface area contributed by atoms with Gasteiger partial charge in [0.05, 0.1) is 6.61 Å². The van der Waals surface area contributed by atoms with Crippen LogP contribution in [0.25, 0.3) is 5.57 Å². The minimum atomic E-state index is -0.239. The largest absolute Gasteiger partial charge is 0.395 e. The van der Waals surface area contributed by atoms with Crippen LogP contribution < -0.4 is 5.73 Å². The summed E-state index contributed by atoms with van der Waals surface area (Å²) in [6.07, 6.45) is 2.65. The van der Waals surface area contributed by atoms with E-state index in [0.717, 1.165) is 11.1 Å². The molecule has 0 aliphatic carbocycles. The van der Waals surface area contributed by atoms with Gasteiger partial charge >= 0.3 is 0 Å². The maximum Gasteiger partial charge on any atom is 0.0585 e. The third-order valence-corrected chi connectivity index (χ3v) is 2.60. The number of aliphatic hydroxyl groups excluding tert-OH is 1. The Morgan fingerprint density at radius 3 is 2.39 bits per heavy atom. The summed E-state index contributed by atoms with van der Waals surface area (Å²) in [6.45, 7) is -0.0155. The van der Waals surface area contributed by atoms with Crippen molar-refractivity contribution >= 4 is 29.6 Å². The second kappa shape index (κ2) is 8.38. The van der Waals surface area contributed by atoms with Crippen molar-refractivity contribution in [3.63, 3.8) is 0 Å². The Morgan fingerprint density at radius 1 is 1.39 bits per heavy atom. The summed E-state index contributed by atoms with van der Waals surface area (Å²) >= 11 is 5.86. The molecule has 1 rings (SSSR count). The third-order valence-electron chi connectivity index (χ3n) is 2.35. The molecule has 0 saturated heterocycles. The molecule has 0 amide bonds. The highest BCUT2D eigenvalue weighted by Gasteiger charge is 2.08. The number of rotatable bonds is 5. The molecule has 1 aromatic rings. The number of benzene rings is 1. The number of hydrogen-bond donors (Lipinski definition) is 2. The quantitative estimate of drug-likeness (QED) is 0.875. The predicted octanol–water partition coefficient (Wildman–Crippen LogP) is 2.37. The van der Waals surface area contributed by atoms with E-state index in [0.29, 0.717) is 11.4 Å². The molecule has 3 N–H and O–H groups in total. The Hall–Kier alpha value is -0.740. The summed E-state index contributed by atoms with van der Waals surface area (Å²) in [5, 5.41) is 9.73. The van der Waals surface area contributed by atoms with Crippen molar-refractivity contribution in [3.05, 3.63) is 41.1 Å². The first kappa shape index (κ1) is 17.3. The first-order valence-corrected chi connectivity index (χ1v) is 5.90. The normalized spacial score (nSPS) is 12.8. The lowest BCUT2D eigenvalue weighted by Gasteiger charge is -2.15. The first-order valence-electron chi connectivity index (χ1n) is 5.52. The summed E-state index contributed by atoms with van der Waals surface area (Å²) < 4.78 is 0. The predicted molar refractivity (Wildman–Crippen MR) is 80.0 cm³/mol. The molecule has 0 aliphatic heterocycles. The van der Waals surface area contributed by atoms with E-state index in [2.05, 4.69) is 0 Å². The van der Waals surface area contributed by atoms with Crippen molar-refractivity contribution in [1.82, 2.24) is 4.90 Å². The molecule has 3 nitrogen and oxygen atoms in total. The molecule has 18 heavy (non-hydrogen) atoms. The molecule has 0 bridgehead atoms. The van der Waals surface area contributed by atoms with Crippen LogP contribution in [-0.2, 0) is 0 Å². The number of nitrogens with two attached hydrogens (primary N) is 1. The fourth-order valence-corrected chi connectivity index (χ4v) is 1.69. The molecule has 0 saturated carbocycles. The van der Waals surface area contributed by atoms with Gasteiger partial charge in [0.15, 0.2) is 0 Å². The number of aliphatic hydroxyl groups is 1. The summed E-state index contributed by atoms with van der Waals surface area (Å²) in [4.78, 5) is 1.97. The highest BCUT2D eigenvalue weighted by molar-refractivity contribution is 6.30. The van der Waals surface area contributed by atoms with Crippen molar-refractivity contribution in [1.29, 1.82) is 0 Å². The zero-order chi connectivity index (χ0) is 12.8. The summed E-state index contributed by atoms with van der Waals surface area (Å²) in [7, 11) is 3.92. The second-order valence-corrected chi connectivity index (χ2v) is 4.71. The van der Waals surface area contributed by atoms with Gasteiger partial charge in [0.25, 0.3) is 0 Å². The molecule has 0 aromatic heterocycles. The van der Waals surface area contributed by atoms with Crippen LogP contribution in [0.3, 0.4) is 0 Å². The van der Waals surface area contributed by atoms with E-state index in [-0.39, 0.29) is 25.1 Å². The van der Waals surface area contributed by atoms with Crippen LogP contribution in [0, 0.1) is 0 Å². The van der Waals surface area contributed by atoms with Gasteiger partial charge in [-0.3, -0.25) is 0 Å². The Bertz CT molecular complexity index is 377. The molecule has 0 radical (unpaired) electrons. The molecule has 0 aliphatic rings. The Morgan fingerprint density at radius 2 is 1.94 bits per heavy atom. The summed E-state index contributed by atoms with van der Waals surface area (Å²) in [6, 6.07) is 7.39. The minimum Gasteiger partial charge on any atom is -0.395 e. The van der Waals surface area contributed by atoms with E-state index in [9.17, 15) is 0 Å². The van der Waals surface area contributed by atoms with E-state index in [1.807, 2.05) is 49.5 Å². The second-order valence-electron chi connectivity index (χ2n) is 4.27. The van der Waals surface area contributed by atoms with Gasteiger partial charge in [-0.15, -0.1) is 12.4 Å². The van der Waals surface area contributed by atoms with Gasteiger partial charge in [-0.25, -0.2) is 0 Å². The molecular weight excluding hydrogens is 271 g/mol. The third kappa shape index (κ3) is 5.74. The van der Waals surface area contributed by atoms with Crippen LogP contribution >= 0.6 is 24.0 Å². The molecular formula is C13H20Cl2N2O. The highest BCUT2D eigenvalue weighted by Crippen LogP contribution is 2.21. The average molecular weight is 291 g/mol. The first-order chi connectivity index (χ1) is 8.02. The molecule has 5 heteroatoms. The van der Waals surface area contributed by atoms with Crippen LogP contribution in [0.15, 0.2) is 30.5 Å². The Labute approximate surface area is 120 Å². The van der Waals surface area contributed by atoms with Crippen molar-refractivity contribution in [2.75, 3.05) is 20.7 Å². The maximum absolute atomic E-state index is 9.02. The smallest absolute Gasteiger partial charge is 0.0585 e. The molecule has 0 heterocycles. The van der Waals surface area contributed by atoms with Crippen molar-refractivity contribution in [2.24, 2.45) is 5.73 Å². The minimum absolute atomic E-state index is 0. The standard InChI is InChI=1S/C13H19ClN2O.ClH/c1-16(2)8-11(7-13(15)9-17)10-3-5-12(14)6-4-10;/h3-6,8,13,17H,7,9,15H2,1-2H3;1H/b11-8+;. The molecule has 1 unspecified atom stereocenters. The van der Waals surface area contributed by atoms with Gasteiger partial charge in [-0.2, -0.15) is 0 Å². The van der Waals surface area contributed by atoms with E-state index < -0.39 is 0 Å². The summed E-state index contributed by atoms with van der Waals surface area (Å²) in [5.41, 5.74) is 7.95. The average Bonchev–Trinajstić information content (AvgIpc) is 2.28. The van der Waals surface area contributed by atoms with Crippen LogP contribution in [-0.4, -0.2) is 36.8 Å². The zero-order valence-corrected chi connectivity index (χ0v) is 12.2. The zero-order valence-electron chi connectivity index (χ0n) is 10.6. The van der Waals surface area contributed by atoms with Gasteiger partial charge < -0.3 is 15.7 Å². The van der Waals surface area contributed by atoms with Crippen molar-refractivity contribution < 1.29 is 5.11 Å². The van der Waals surface area contributed by atoms with Crippen LogP contribution in [0.1, 0.15) is 12.0 Å². The van der Waals surface area contributed by atoms with E-state index in [1.54, 1.807) is 0 Å². The maximum atomic E-state index is 9.02. The van der Waals surface area contributed by atoms with Crippen LogP contribution in [0.2, 0.25) is 5.02 Å². The molecule has 102 valence electrons. The fourth-order valence-electron chi connectivity index (χ4n) is 1.57. The lowest BCUT2D eigenvalue weighted by Crippen LogP contribution is -2.24. The lowest BCUT2D eigenvalue weighted by atomic mass is 10.00. The van der Waals surface area contributed by atoms with Gasteiger partial charge in [0, 0.05) is 31.4 Å². The fraction of sp³-hybridized carbons (Fsp3) is 0.385. The van der Waals surface area contributed by atoms with E-state index in [4.69, 9.17) is 22.4 Å². The Balaban J connectivity index is 0.00000289. The monoisotopic (exact) mass is 290 g/mol. The van der Waals surface area contributed by atoms with E-state index in [1.165, 1.54) is 0 Å². The molecule has 0 spiro atoms. The molecule has 0 fully saturated rings. The summed E-state index contributed by atoms with van der Waals surface area (Å²) in [5.74, 6) is 0. The van der Waals surface area contributed by atoms with Gasteiger partial charge in [0.2, 0.25) is 0 Å². The van der Waals surface area contributed by atoms with Crippen molar-refractivity contribution in [3.8, 4) is 0 Å². The number of hydrogen-bond acceptors (Lipinski definition) is 3. The van der Waals surface area contributed by atoms with Crippen molar-refractivity contribution in [2.45, 2.75) is 12.5 Å². The van der Waals surface area contributed by atoms with Gasteiger partial charge in [-0.05, 0) is 29.7 Å². The number of nitrogens with zero attached hydrogens (tertiary/aromatic N) is 1. The van der Waals surface area contributed by atoms with Crippen LogP contribution in [0.4, 0.5) is 0 Å². The SMILES string of the molecule is CN(C)/C=C(\CC(N)CO)c1ccc(Cl)cc1.Cl. The van der Waals surface area contributed by atoms with Gasteiger partial charge in [0.1, 0.15) is 0 Å². The van der Waals surface area contributed by atoms with Gasteiger partial charge in [-0.1, -0.05) is 23.7 Å². The van der Waals surface area contributed by atoms with Crippen LogP contribution in [0.5, 0.6) is 0 Å². The lowest BCUT2D eigenvalue weighted by molar-refractivity contribution is 0.267. The molecule has 1 aromatic carbocycles. The molecule has 1 atom stereocenters. The van der Waals surface area contributed by atoms with E-state index >= 15 is 0 Å². The number of halogens is 2. The topological polar surface area (TPSA) is 49.5 Å². The highest BCUT2D eigenvalue weighted by atomic mass is 35.5.